The third-order valence-corrected chi connectivity index (χ3v) is 8.88. The Bertz CT molecular complexity index is 1370. The molecule has 0 amide bonds. The summed E-state index contributed by atoms with van der Waals surface area (Å²) in [6.07, 6.45) is -0.0731. The van der Waals surface area contributed by atoms with Crippen LogP contribution in [0.4, 0.5) is 19.0 Å². The molecule has 2 aliphatic heterocycles. The maximum Gasteiger partial charge on any atom is 0.416 e. The molecule has 2 fully saturated rings. The molecule has 0 spiro atoms. The van der Waals surface area contributed by atoms with E-state index < -0.39 is 17.7 Å². The number of carboxylic acid groups (broad SMARTS) is 1. The van der Waals surface area contributed by atoms with Crippen LogP contribution in [0.25, 0.3) is 11.3 Å². The van der Waals surface area contributed by atoms with Crippen molar-refractivity contribution in [2.24, 2.45) is 0 Å². The fourth-order valence-electron chi connectivity index (χ4n) is 5.57. The van der Waals surface area contributed by atoms with Crippen LogP contribution < -0.4 is 4.90 Å². The lowest BCUT2D eigenvalue weighted by Gasteiger charge is -2.35. The van der Waals surface area contributed by atoms with Gasteiger partial charge in [0, 0.05) is 68.2 Å². The summed E-state index contributed by atoms with van der Waals surface area (Å²) in [5.74, 6) is 0.0174. The van der Waals surface area contributed by atoms with Crippen LogP contribution in [0, 0.1) is 6.92 Å². The van der Waals surface area contributed by atoms with E-state index in [9.17, 15) is 18.0 Å². The van der Waals surface area contributed by atoms with Gasteiger partial charge in [-0.2, -0.15) is 13.2 Å². The molecule has 0 radical (unpaired) electrons. The van der Waals surface area contributed by atoms with Gasteiger partial charge in [-0.3, -0.25) is 14.6 Å². The number of halogens is 3. The quantitative estimate of drug-likeness (QED) is 0.370. The van der Waals surface area contributed by atoms with Crippen molar-refractivity contribution in [2.75, 3.05) is 44.2 Å². The summed E-state index contributed by atoms with van der Waals surface area (Å²) >= 11 is 1.54. The summed E-state index contributed by atoms with van der Waals surface area (Å²) in [6, 6.07) is 6.54. The highest BCUT2D eigenvalue weighted by atomic mass is 32.1. The third kappa shape index (κ3) is 7.41. The predicted molar refractivity (Wildman–Crippen MR) is 152 cm³/mol. The fourth-order valence-corrected chi connectivity index (χ4v) is 6.70. The van der Waals surface area contributed by atoms with Gasteiger partial charge in [0.15, 0.2) is 0 Å². The number of aromatic nitrogens is 3. The van der Waals surface area contributed by atoms with E-state index in [1.54, 1.807) is 30.7 Å². The minimum Gasteiger partial charge on any atom is -0.481 e. The van der Waals surface area contributed by atoms with Gasteiger partial charge in [0.05, 0.1) is 28.4 Å². The number of benzene rings is 1. The molecule has 0 saturated carbocycles. The van der Waals surface area contributed by atoms with Crippen LogP contribution in [-0.4, -0.2) is 81.1 Å². The zero-order valence-corrected chi connectivity index (χ0v) is 24.1. The van der Waals surface area contributed by atoms with Crippen molar-refractivity contribution in [2.45, 2.75) is 58.3 Å². The van der Waals surface area contributed by atoms with Gasteiger partial charge >= 0.3 is 12.1 Å². The van der Waals surface area contributed by atoms with Crippen molar-refractivity contribution in [3.63, 3.8) is 0 Å². The number of likely N-dealkylation sites (tertiary alicyclic amines) is 1. The van der Waals surface area contributed by atoms with E-state index >= 15 is 0 Å². The number of aliphatic carboxylic acids is 1. The zero-order chi connectivity index (χ0) is 29.1. The zero-order valence-electron chi connectivity index (χ0n) is 23.3. The smallest absolute Gasteiger partial charge is 0.416 e. The molecule has 4 heterocycles. The normalized spacial score (nSPS) is 18.8. The van der Waals surface area contributed by atoms with E-state index in [4.69, 9.17) is 10.1 Å². The van der Waals surface area contributed by atoms with Crippen molar-refractivity contribution < 1.29 is 23.1 Å². The first-order valence-electron chi connectivity index (χ1n) is 14.0. The first-order chi connectivity index (χ1) is 19.5. The first-order valence-corrected chi connectivity index (χ1v) is 14.8. The van der Waals surface area contributed by atoms with Gasteiger partial charge in [0.25, 0.3) is 0 Å². The lowest BCUT2D eigenvalue weighted by Crippen LogP contribution is -2.47. The summed E-state index contributed by atoms with van der Waals surface area (Å²) in [5.41, 5.74) is 1.79. The Morgan fingerprint density at radius 1 is 1.10 bits per heavy atom. The number of rotatable bonds is 9. The van der Waals surface area contributed by atoms with Crippen molar-refractivity contribution in [1.82, 2.24) is 24.8 Å². The summed E-state index contributed by atoms with van der Waals surface area (Å²) in [6.45, 7) is 9.04. The van der Waals surface area contributed by atoms with E-state index in [1.807, 2.05) is 6.07 Å². The standard InChI is InChI=1S/C29H35F3N6O2S/c1-19-12-21(14-22(13-19)29(30,31)32)28-24(17-38-6-3-4-20(38)2)41-26(35-28)16-23-15-25(34-18-33-23)37-10-8-36(9-11-37)7-5-27(39)40/h12-15,18,20H,3-11,16-17H2,1-2H3,(H,39,40)/t20-/m1/s1. The topological polar surface area (TPSA) is 85.7 Å². The van der Waals surface area contributed by atoms with Crippen LogP contribution in [0.3, 0.4) is 0 Å². The highest BCUT2D eigenvalue weighted by Gasteiger charge is 2.32. The Morgan fingerprint density at radius 3 is 2.56 bits per heavy atom. The molecular formula is C29H35F3N6O2S. The largest absolute Gasteiger partial charge is 0.481 e. The third-order valence-electron chi connectivity index (χ3n) is 7.84. The summed E-state index contributed by atoms with van der Waals surface area (Å²) in [5, 5.41) is 9.75. The van der Waals surface area contributed by atoms with Crippen molar-refractivity contribution in [3.8, 4) is 11.3 Å². The van der Waals surface area contributed by atoms with Crippen LogP contribution in [0.2, 0.25) is 0 Å². The Morgan fingerprint density at radius 2 is 1.88 bits per heavy atom. The maximum atomic E-state index is 13.6. The number of piperazine rings is 1. The number of carboxylic acids is 1. The number of anilines is 1. The molecule has 0 bridgehead atoms. The molecule has 1 N–H and O–H groups in total. The number of thiazole rings is 1. The minimum absolute atomic E-state index is 0.131. The van der Waals surface area contributed by atoms with Crippen LogP contribution >= 0.6 is 11.3 Å². The van der Waals surface area contributed by atoms with Crippen LogP contribution in [-0.2, 0) is 23.9 Å². The average molecular weight is 589 g/mol. The monoisotopic (exact) mass is 588 g/mol. The Hall–Kier alpha value is -3.09. The number of hydrogen-bond donors (Lipinski definition) is 1. The van der Waals surface area contributed by atoms with Gasteiger partial charge in [-0.15, -0.1) is 11.3 Å². The second-order valence-corrected chi connectivity index (χ2v) is 12.1. The molecule has 3 aromatic rings. The molecule has 0 unspecified atom stereocenters. The number of alkyl halides is 3. The summed E-state index contributed by atoms with van der Waals surface area (Å²) in [7, 11) is 0. The first kappa shape index (κ1) is 29.4. The lowest BCUT2D eigenvalue weighted by atomic mass is 10.0. The lowest BCUT2D eigenvalue weighted by molar-refractivity contribution is -0.138. The Kier molecular flexibility index (Phi) is 8.91. The molecule has 8 nitrogen and oxygen atoms in total. The Balaban J connectivity index is 1.37. The van der Waals surface area contributed by atoms with Gasteiger partial charge in [-0.1, -0.05) is 0 Å². The van der Waals surface area contributed by atoms with E-state index in [2.05, 4.69) is 31.6 Å². The second kappa shape index (κ2) is 12.4. The molecule has 41 heavy (non-hydrogen) atoms. The highest BCUT2D eigenvalue weighted by Crippen LogP contribution is 2.37. The van der Waals surface area contributed by atoms with Crippen LogP contribution in [0.5, 0.6) is 0 Å². The van der Waals surface area contributed by atoms with Gasteiger partial charge < -0.3 is 10.0 Å². The van der Waals surface area contributed by atoms with E-state index in [-0.39, 0.29) is 6.42 Å². The van der Waals surface area contributed by atoms with E-state index in [1.165, 1.54) is 12.1 Å². The fraction of sp³-hybridized carbons (Fsp3) is 0.517. The minimum atomic E-state index is -4.43. The number of nitrogens with zero attached hydrogens (tertiary/aromatic N) is 6. The second-order valence-electron chi connectivity index (χ2n) is 10.9. The van der Waals surface area contributed by atoms with Crippen molar-refractivity contribution in [3.05, 3.63) is 57.3 Å². The van der Waals surface area contributed by atoms with Gasteiger partial charge in [-0.25, -0.2) is 15.0 Å². The number of carbonyl (C=O) groups is 1. The summed E-state index contributed by atoms with van der Waals surface area (Å²) in [4.78, 5) is 32.4. The SMILES string of the molecule is Cc1cc(-c2nc(Cc3cc(N4CCN(CCC(=O)O)CC4)ncn3)sc2CN2CCC[C@H]2C)cc(C(F)(F)F)c1. The maximum absolute atomic E-state index is 13.6. The van der Waals surface area contributed by atoms with Crippen molar-refractivity contribution >= 4 is 23.1 Å². The van der Waals surface area contributed by atoms with Gasteiger partial charge in [0.1, 0.15) is 12.1 Å². The molecule has 1 atom stereocenters. The van der Waals surface area contributed by atoms with Gasteiger partial charge in [-0.05, 0) is 57.0 Å². The Labute approximate surface area is 241 Å². The summed E-state index contributed by atoms with van der Waals surface area (Å²) < 4.78 is 40.9. The molecule has 12 heteroatoms. The van der Waals surface area contributed by atoms with Crippen LogP contribution in [0.1, 0.15) is 52.9 Å². The molecule has 1 aromatic carbocycles. The number of hydrogen-bond acceptors (Lipinski definition) is 8. The molecule has 0 aliphatic carbocycles. The van der Waals surface area contributed by atoms with Gasteiger partial charge in [0.2, 0.25) is 0 Å². The average Bonchev–Trinajstić information content (AvgIpc) is 3.52. The molecule has 220 valence electrons. The molecule has 2 aromatic heterocycles. The number of aryl methyl sites for hydroxylation is 1. The predicted octanol–water partition coefficient (Wildman–Crippen LogP) is 5.10. The molecule has 2 saturated heterocycles. The molecule has 2 aliphatic rings. The van der Waals surface area contributed by atoms with E-state index in [0.717, 1.165) is 67.0 Å². The van der Waals surface area contributed by atoms with Crippen molar-refractivity contribution in [1.29, 1.82) is 0 Å². The molecular weight excluding hydrogens is 553 g/mol. The highest BCUT2D eigenvalue weighted by molar-refractivity contribution is 7.12. The van der Waals surface area contributed by atoms with E-state index in [0.29, 0.717) is 42.4 Å². The van der Waals surface area contributed by atoms with Crippen LogP contribution in [0.15, 0.2) is 30.6 Å². The molecule has 5 rings (SSSR count).